The average molecular weight is 371 g/mol. The molecule has 0 spiro atoms. The van der Waals surface area contributed by atoms with Gasteiger partial charge in [-0.2, -0.15) is 0 Å². The molecule has 0 aliphatic heterocycles. The van der Waals surface area contributed by atoms with Gasteiger partial charge in [0.25, 0.3) is 11.5 Å². The number of pyridine rings is 2. The Morgan fingerprint density at radius 1 is 1.12 bits per heavy atom. The zero-order valence-electron chi connectivity index (χ0n) is 13.6. The standard InChI is InChI=1S/C19H15ClN2O4/c20-13-8-9-22-14(10-13)6-7-15(19(22)26)18(25)21-16(11-17(23)24)12-4-2-1-3-5-12/h1-10,16H,11H2,(H,21,25)(H,23,24). The monoisotopic (exact) mass is 370 g/mol. The number of carboxylic acids is 1. The lowest BCUT2D eigenvalue weighted by molar-refractivity contribution is -0.137. The fourth-order valence-electron chi connectivity index (χ4n) is 2.69. The number of aromatic nitrogens is 1. The van der Waals surface area contributed by atoms with Gasteiger partial charge in [0.05, 0.1) is 18.0 Å². The highest BCUT2D eigenvalue weighted by molar-refractivity contribution is 6.30. The highest BCUT2D eigenvalue weighted by Crippen LogP contribution is 2.17. The summed E-state index contributed by atoms with van der Waals surface area (Å²) >= 11 is 5.91. The summed E-state index contributed by atoms with van der Waals surface area (Å²) < 4.78 is 1.31. The number of aliphatic carboxylic acids is 1. The fourth-order valence-corrected chi connectivity index (χ4v) is 2.86. The third-order valence-corrected chi connectivity index (χ3v) is 4.18. The third-order valence-electron chi connectivity index (χ3n) is 3.95. The molecule has 1 aromatic carbocycles. The summed E-state index contributed by atoms with van der Waals surface area (Å²) in [5.41, 5.74) is 0.634. The number of nitrogens with one attached hydrogen (secondary N) is 1. The van der Waals surface area contributed by atoms with Crippen molar-refractivity contribution in [2.24, 2.45) is 0 Å². The summed E-state index contributed by atoms with van der Waals surface area (Å²) in [4.78, 5) is 36.3. The number of carboxylic acid groups (broad SMARTS) is 1. The third kappa shape index (κ3) is 3.75. The van der Waals surface area contributed by atoms with Gasteiger partial charge in [-0.05, 0) is 29.8 Å². The maximum Gasteiger partial charge on any atom is 0.305 e. The maximum absolute atomic E-state index is 12.6. The van der Waals surface area contributed by atoms with Crippen molar-refractivity contribution in [1.29, 1.82) is 0 Å². The van der Waals surface area contributed by atoms with Gasteiger partial charge in [0.2, 0.25) is 0 Å². The van der Waals surface area contributed by atoms with Gasteiger partial charge in [0.1, 0.15) is 5.56 Å². The molecule has 0 fully saturated rings. The number of carbonyl (C=O) groups is 2. The van der Waals surface area contributed by atoms with Gasteiger partial charge in [-0.15, -0.1) is 0 Å². The summed E-state index contributed by atoms with van der Waals surface area (Å²) in [5.74, 6) is -1.68. The Hall–Kier alpha value is -3.12. The van der Waals surface area contributed by atoms with Gasteiger partial charge in [0, 0.05) is 11.2 Å². The Labute approximate surface area is 153 Å². The topological polar surface area (TPSA) is 87.9 Å². The van der Waals surface area contributed by atoms with Gasteiger partial charge in [0.15, 0.2) is 0 Å². The number of fused-ring (bicyclic) bond motifs is 1. The van der Waals surface area contributed by atoms with Crippen LogP contribution in [0.3, 0.4) is 0 Å². The van der Waals surface area contributed by atoms with Crippen molar-refractivity contribution in [2.75, 3.05) is 0 Å². The van der Waals surface area contributed by atoms with Gasteiger partial charge < -0.3 is 10.4 Å². The molecule has 0 radical (unpaired) electrons. The van der Waals surface area contributed by atoms with Crippen molar-refractivity contribution in [3.63, 3.8) is 0 Å². The second kappa shape index (κ2) is 7.41. The zero-order chi connectivity index (χ0) is 18.7. The van der Waals surface area contributed by atoms with Crippen molar-refractivity contribution in [2.45, 2.75) is 12.5 Å². The molecule has 0 saturated carbocycles. The molecule has 0 aliphatic carbocycles. The molecule has 26 heavy (non-hydrogen) atoms. The predicted octanol–water partition coefficient (Wildman–Crippen LogP) is 2.90. The Balaban J connectivity index is 1.94. The first kappa shape index (κ1) is 17.7. The first-order valence-electron chi connectivity index (χ1n) is 7.84. The molecule has 7 heteroatoms. The molecule has 6 nitrogen and oxygen atoms in total. The van der Waals surface area contributed by atoms with E-state index in [1.165, 1.54) is 16.7 Å². The van der Waals surface area contributed by atoms with E-state index in [2.05, 4.69) is 5.32 Å². The van der Waals surface area contributed by atoms with E-state index in [1.807, 2.05) is 0 Å². The lowest BCUT2D eigenvalue weighted by atomic mass is 10.0. The van der Waals surface area contributed by atoms with Gasteiger partial charge in [-0.3, -0.25) is 18.8 Å². The van der Waals surface area contributed by atoms with E-state index < -0.39 is 23.5 Å². The molecule has 3 rings (SSSR count). The van der Waals surface area contributed by atoms with Crippen LogP contribution in [0, 0.1) is 0 Å². The van der Waals surface area contributed by atoms with Crippen molar-refractivity contribution in [3.8, 4) is 0 Å². The second-order valence-electron chi connectivity index (χ2n) is 5.73. The first-order valence-corrected chi connectivity index (χ1v) is 8.22. The van der Waals surface area contributed by atoms with Crippen LogP contribution in [0.2, 0.25) is 5.02 Å². The highest BCUT2D eigenvalue weighted by Gasteiger charge is 2.20. The van der Waals surface area contributed by atoms with E-state index in [4.69, 9.17) is 16.7 Å². The highest BCUT2D eigenvalue weighted by atomic mass is 35.5. The summed E-state index contributed by atoms with van der Waals surface area (Å²) in [6, 6.07) is 14.2. The lowest BCUT2D eigenvalue weighted by Gasteiger charge is -2.17. The van der Waals surface area contributed by atoms with Crippen LogP contribution in [0.1, 0.15) is 28.4 Å². The molecular formula is C19H15ClN2O4. The molecule has 2 N–H and O–H groups in total. The molecule has 0 aliphatic rings. The molecule has 2 heterocycles. The number of rotatable bonds is 5. The molecule has 1 amide bonds. The number of benzene rings is 1. The van der Waals surface area contributed by atoms with Crippen LogP contribution in [-0.4, -0.2) is 21.4 Å². The minimum absolute atomic E-state index is 0.0730. The van der Waals surface area contributed by atoms with Crippen LogP contribution in [0.15, 0.2) is 65.6 Å². The zero-order valence-corrected chi connectivity index (χ0v) is 14.3. The normalized spacial score (nSPS) is 11.9. The number of hydrogen-bond acceptors (Lipinski definition) is 3. The molecule has 0 saturated heterocycles. The van der Waals surface area contributed by atoms with Crippen LogP contribution in [0.25, 0.3) is 5.52 Å². The minimum atomic E-state index is -1.05. The number of halogens is 1. The minimum Gasteiger partial charge on any atom is -0.481 e. The van der Waals surface area contributed by atoms with Crippen LogP contribution >= 0.6 is 11.6 Å². The van der Waals surface area contributed by atoms with Crippen molar-refractivity contribution in [1.82, 2.24) is 9.72 Å². The first-order chi connectivity index (χ1) is 12.5. The number of nitrogens with zero attached hydrogens (tertiary/aromatic N) is 1. The SMILES string of the molecule is O=C(O)CC(NC(=O)c1ccc2cc(Cl)ccn2c1=O)c1ccccc1. The number of carbonyl (C=O) groups excluding carboxylic acids is 1. The quantitative estimate of drug-likeness (QED) is 0.722. The molecule has 1 atom stereocenters. The Morgan fingerprint density at radius 3 is 2.54 bits per heavy atom. The lowest BCUT2D eigenvalue weighted by Crippen LogP contribution is -2.34. The van der Waals surface area contributed by atoms with Gasteiger partial charge >= 0.3 is 5.97 Å². The molecule has 1 unspecified atom stereocenters. The molecule has 3 aromatic rings. The van der Waals surface area contributed by atoms with Crippen LogP contribution in [0.5, 0.6) is 0 Å². The van der Waals surface area contributed by atoms with Crippen molar-refractivity contribution >= 4 is 29.0 Å². The number of amides is 1. The van der Waals surface area contributed by atoms with Crippen LogP contribution < -0.4 is 10.9 Å². The Bertz CT molecular complexity index is 1030. The summed E-state index contributed by atoms with van der Waals surface area (Å²) in [6.45, 7) is 0. The predicted molar refractivity (Wildman–Crippen MR) is 97.6 cm³/mol. The summed E-state index contributed by atoms with van der Waals surface area (Å²) in [7, 11) is 0. The summed E-state index contributed by atoms with van der Waals surface area (Å²) in [5, 5.41) is 12.2. The van der Waals surface area contributed by atoms with Gasteiger partial charge in [-0.1, -0.05) is 41.9 Å². The van der Waals surface area contributed by atoms with Crippen molar-refractivity contribution in [3.05, 3.63) is 87.3 Å². The summed E-state index contributed by atoms with van der Waals surface area (Å²) in [6.07, 6.45) is 1.20. The molecular weight excluding hydrogens is 356 g/mol. The Morgan fingerprint density at radius 2 is 1.85 bits per heavy atom. The van der Waals surface area contributed by atoms with E-state index in [0.717, 1.165) is 0 Å². The maximum atomic E-state index is 12.6. The molecule has 2 aromatic heterocycles. The second-order valence-corrected chi connectivity index (χ2v) is 6.16. The average Bonchev–Trinajstić information content (AvgIpc) is 2.61. The largest absolute Gasteiger partial charge is 0.481 e. The number of hydrogen-bond donors (Lipinski definition) is 2. The van der Waals surface area contributed by atoms with Gasteiger partial charge in [-0.25, -0.2) is 0 Å². The van der Waals surface area contributed by atoms with E-state index in [-0.39, 0.29) is 12.0 Å². The van der Waals surface area contributed by atoms with E-state index in [0.29, 0.717) is 16.1 Å². The smallest absolute Gasteiger partial charge is 0.305 e. The molecule has 132 valence electrons. The van der Waals surface area contributed by atoms with E-state index in [1.54, 1.807) is 48.5 Å². The van der Waals surface area contributed by atoms with E-state index >= 15 is 0 Å². The Kier molecular flexibility index (Phi) is 5.04. The fraction of sp³-hybridized carbons (Fsp3) is 0.105. The van der Waals surface area contributed by atoms with Crippen LogP contribution in [0.4, 0.5) is 0 Å². The van der Waals surface area contributed by atoms with Crippen LogP contribution in [-0.2, 0) is 4.79 Å². The molecule has 0 bridgehead atoms. The van der Waals surface area contributed by atoms with Crippen molar-refractivity contribution < 1.29 is 14.7 Å². The van der Waals surface area contributed by atoms with E-state index in [9.17, 15) is 14.4 Å².